The quantitative estimate of drug-likeness (QED) is 0.396. The van der Waals surface area contributed by atoms with Crippen molar-refractivity contribution in [3.63, 3.8) is 0 Å². The van der Waals surface area contributed by atoms with Crippen molar-refractivity contribution in [3.05, 3.63) is 61.2 Å². The zero-order valence-corrected chi connectivity index (χ0v) is 18.1. The molecule has 168 valence electrons. The van der Waals surface area contributed by atoms with Gasteiger partial charge in [0, 0.05) is 41.0 Å². The van der Waals surface area contributed by atoms with Crippen molar-refractivity contribution in [3.8, 4) is 11.1 Å². The maximum absolute atomic E-state index is 12.7. The van der Waals surface area contributed by atoms with Gasteiger partial charge in [0.2, 0.25) is 11.8 Å². The van der Waals surface area contributed by atoms with Crippen LogP contribution in [-0.4, -0.2) is 42.7 Å². The van der Waals surface area contributed by atoms with Gasteiger partial charge in [0.15, 0.2) is 0 Å². The van der Waals surface area contributed by atoms with Gasteiger partial charge in [-0.25, -0.2) is 4.98 Å². The molecule has 1 saturated carbocycles. The molecular formula is C24H25N7O2. The van der Waals surface area contributed by atoms with Gasteiger partial charge in [-0.2, -0.15) is 14.8 Å². The molecule has 0 aliphatic heterocycles. The van der Waals surface area contributed by atoms with Crippen molar-refractivity contribution < 1.29 is 9.59 Å². The summed E-state index contributed by atoms with van der Waals surface area (Å²) in [7, 11) is 0. The molecule has 0 spiro atoms. The third-order valence-electron chi connectivity index (χ3n) is 6.26. The second-order valence-electron chi connectivity index (χ2n) is 8.35. The highest BCUT2D eigenvalue weighted by molar-refractivity contribution is 5.97. The van der Waals surface area contributed by atoms with E-state index in [-0.39, 0.29) is 23.8 Å². The minimum absolute atomic E-state index is 0.0359. The fourth-order valence-electron chi connectivity index (χ4n) is 4.54. The highest BCUT2D eigenvalue weighted by Gasteiger charge is 2.26. The Morgan fingerprint density at radius 1 is 1.15 bits per heavy atom. The molecule has 0 unspecified atom stereocenters. The average molecular weight is 444 g/mol. The Morgan fingerprint density at radius 2 is 2.00 bits per heavy atom. The molecule has 1 aliphatic rings. The number of carbonyl (C=O) groups is 2. The first-order valence-corrected chi connectivity index (χ1v) is 11.1. The first-order chi connectivity index (χ1) is 16.1. The van der Waals surface area contributed by atoms with Gasteiger partial charge in [-0.1, -0.05) is 6.58 Å². The number of aromatic nitrogens is 5. The predicted molar refractivity (Wildman–Crippen MR) is 124 cm³/mol. The summed E-state index contributed by atoms with van der Waals surface area (Å²) in [6, 6.07) is 7.98. The van der Waals surface area contributed by atoms with Crippen LogP contribution in [0.3, 0.4) is 0 Å². The molecular weight excluding hydrogens is 418 g/mol. The van der Waals surface area contributed by atoms with Crippen molar-refractivity contribution in [2.24, 2.45) is 5.92 Å². The van der Waals surface area contributed by atoms with Crippen LogP contribution in [0.2, 0.25) is 0 Å². The van der Waals surface area contributed by atoms with E-state index in [1.807, 2.05) is 24.3 Å². The third-order valence-corrected chi connectivity index (χ3v) is 6.26. The Morgan fingerprint density at radius 3 is 2.82 bits per heavy atom. The van der Waals surface area contributed by atoms with Gasteiger partial charge in [0.1, 0.15) is 5.65 Å². The summed E-state index contributed by atoms with van der Waals surface area (Å²) in [6.07, 6.45) is 9.67. The maximum atomic E-state index is 12.7. The van der Waals surface area contributed by atoms with Crippen LogP contribution in [-0.2, 0) is 16.1 Å². The molecule has 2 amide bonds. The molecule has 5 rings (SSSR count). The first kappa shape index (κ1) is 20.9. The van der Waals surface area contributed by atoms with E-state index in [2.05, 4.69) is 37.4 Å². The Kier molecular flexibility index (Phi) is 5.60. The lowest BCUT2D eigenvalue weighted by Crippen LogP contribution is -2.40. The Labute approximate surface area is 190 Å². The van der Waals surface area contributed by atoms with E-state index in [1.54, 1.807) is 23.2 Å². The summed E-state index contributed by atoms with van der Waals surface area (Å²) in [5.74, 6) is -0.148. The van der Waals surface area contributed by atoms with E-state index in [4.69, 9.17) is 0 Å². The molecule has 9 nitrogen and oxygen atoms in total. The van der Waals surface area contributed by atoms with Crippen molar-refractivity contribution in [1.29, 1.82) is 0 Å². The minimum Gasteiger partial charge on any atom is -0.350 e. The van der Waals surface area contributed by atoms with E-state index >= 15 is 0 Å². The van der Waals surface area contributed by atoms with E-state index in [1.165, 1.54) is 6.08 Å². The van der Waals surface area contributed by atoms with Crippen LogP contribution in [0, 0.1) is 5.92 Å². The maximum Gasteiger partial charge on any atom is 0.243 e. The van der Waals surface area contributed by atoms with E-state index in [0.717, 1.165) is 59.1 Å². The minimum atomic E-state index is -0.157. The summed E-state index contributed by atoms with van der Waals surface area (Å²) >= 11 is 0. The van der Waals surface area contributed by atoms with Gasteiger partial charge in [0.05, 0.1) is 18.3 Å². The smallest absolute Gasteiger partial charge is 0.243 e. The van der Waals surface area contributed by atoms with E-state index in [9.17, 15) is 9.59 Å². The molecule has 0 aromatic carbocycles. The number of H-pyrrole nitrogens is 1. The highest BCUT2D eigenvalue weighted by atomic mass is 16.2. The number of hydrogen-bond donors (Lipinski definition) is 3. The topological polar surface area (TPSA) is 117 Å². The lowest BCUT2D eigenvalue weighted by atomic mass is 9.85. The van der Waals surface area contributed by atoms with Gasteiger partial charge in [-0.3, -0.25) is 9.59 Å². The molecule has 0 radical (unpaired) electrons. The normalized spacial score (nSPS) is 18.3. The van der Waals surface area contributed by atoms with Gasteiger partial charge < -0.3 is 15.6 Å². The second kappa shape index (κ2) is 8.85. The Bertz CT molecular complexity index is 1330. The molecule has 0 saturated heterocycles. The standard InChI is InChI=1S/C24H25N7O2/c1-2-22(32)29-16-7-5-15(6-8-16)24(33)26-13-17-12-19-18(9-11-25-23(19)30-17)20-14-28-31-21(20)4-3-10-27-31/h2-4,9-12,14-16H,1,5-8,13H2,(H,25,30)(H,26,33)(H,29,32)/t15-,16+. The van der Waals surface area contributed by atoms with Crippen LogP contribution < -0.4 is 10.6 Å². The molecule has 9 heteroatoms. The van der Waals surface area contributed by atoms with Gasteiger partial charge >= 0.3 is 0 Å². The fourth-order valence-corrected chi connectivity index (χ4v) is 4.54. The molecule has 4 heterocycles. The van der Waals surface area contributed by atoms with Crippen LogP contribution in [0.5, 0.6) is 0 Å². The molecule has 3 N–H and O–H groups in total. The Balaban J connectivity index is 1.26. The van der Waals surface area contributed by atoms with Crippen LogP contribution in [0.15, 0.2) is 55.5 Å². The second-order valence-corrected chi connectivity index (χ2v) is 8.35. The van der Waals surface area contributed by atoms with Crippen molar-refractivity contribution >= 4 is 28.4 Å². The Hall–Kier alpha value is -4.01. The monoisotopic (exact) mass is 443 g/mol. The fraction of sp³-hybridized carbons (Fsp3) is 0.292. The van der Waals surface area contributed by atoms with Gasteiger partial charge in [-0.15, -0.1) is 0 Å². The number of nitrogens with zero attached hydrogens (tertiary/aromatic N) is 4. The number of carbonyl (C=O) groups excluding carboxylic acids is 2. The summed E-state index contributed by atoms with van der Waals surface area (Å²) < 4.78 is 1.60. The van der Waals surface area contributed by atoms with Crippen LogP contribution >= 0.6 is 0 Å². The number of amides is 2. The third kappa shape index (κ3) is 4.21. The van der Waals surface area contributed by atoms with Gasteiger partial charge in [0.25, 0.3) is 0 Å². The van der Waals surface area contributed by atoms with Gasteiger partial charge in [-0.05, 0) is 61.6 Å². The molecule has 0 bridgehead atoms. The zero-order valence-electron chi connectivity index (χ0n) is 18.1. The molecule has 1 aliphatic carbocycles. The largest absolute Gasteiger partial charge is 0.350 e. The van der Waals surface area contributed by atoms with Crippen LogP contribution in [0.25, 0.3) is 27.7 Å². The lowest BCUT2D eigenvalue weighted by molar-refractivity contribution is -0.126. The number of nitrogens with one attached hydrogen (secondary N) is 3. The average Bonchev–Trinajstić information content (AvgIpc) is 3.47. The highest BCUT2D eigenvalue weighted by Crippen LogP contribution is 2.31. The molecule has 0 atom stereocenters. The number of rotatable bonds is 6. The zero-order chi connectivity index (χ0) is 22.8. The number of hydrogen-bond acceptors (Lipinski definition) is 5. The summed E-state index contributed by atoms with van der Waals surface area (Å²) in [6.45, 7) is 3.88. The van der Waals surface area contributed by atoms with Crippen LogP contribution in [0.4, 0.5) is 0 Å². The summed E-state index contributed by atoms with van der Waals surface area (Å²) in [4.78, 5) is 31.9. The molecule has 4 aromatic rings. The molecule has 4 aromatic heterocycles. The summed E-state index contributed by atoms with van der Waals surface area (Å²) in [5.41, 5.74) is 4.56. The lowest BCUT2D eigenvalue weighted by Gasteiger charge is -2.28. The predicted octanol–water partition coefficient (Wildman–Crippen LogP) is 2.75. The molecule has 33 heavy (non-hydrogen) atoms. The number of aromatic amines is 1. The SMILES string of the molecule is C=CC(=O)N[C@H]1CC[C@@H](C(=O)NCc2cc3c(-c4cnn5ncccc45)ccnc3[nH]2)CC1. The van der Waals surface area contributed by atoms with Crippen molar-refractivity contribution in [1.82, 2.24) is 35.4 Å². The number of pyridine rings is 1. The van der Waals surface area contributed by atoms with Crippen molar-refractivity contribution in [2.45, 2.75) is 38.3 Å². The summed E-state index contributed by atoms with van der Waals surface area (Å²) in [5, 5.41) is 15.5. The van der Waals surface area contributed by atoms with Crippen LogP contribution in [0.1, 0.15) is 31.4 Å². The number of fused-ring (bicyclic) bond motifs is 2. The first-order valence-electron chi connectivity index (χ1n) is 11.1. The molecule has 1 fully saturated rings. The van der Waals surface area contributed by atoms with E-state index < -0.39 is 0 Å². The van der Waals surface area contributed by atoms with E-state index in [0.29, 0.717) is 6.54 Å². The van der Waals surface area contributed by atoms with Crippen molar-refractivity contribution in [2.75, 3.05) is 0 Å².